The summed E-state index contributed by atoms with van der Waals surface area (Å²) in [5.41, 5.74) is 2.16. The molecule has 4 rings (SSSR count). The summed E-state index contributed by atoms with van der Waals surface area (Å²) in [6, 6.07) is 16.4. The van der Waals surface area contributed by atoms with Gasteiger partial charge in [-0.2, -0.15) is 5.26 Å². The van der Waals surface area contributed by atoms with Crippen LogP contribution in [0.3, 0.4) is 0 Å². The number of nitriles is 1. The lowest BCUT2D eigenvalue weighted by molar-refractivity contribution is -0.384. The van der Waals surface area contributed by atoms with Gasteiger partial charge >= 0.3 is 0 Å². The normalized spacial score (nSPS) is 10.6. The maximum atomic E-state index is 12.8. The Morgan fingerprint density at radius 1 is 1.04 bits per heavy atom. The van der Waals surface area contributed by atoms with Crippen molar-refractivity contribution in [2.75, 3.05) is 0 Å². The Morgan fingerprint density at radius 2 is 1.81 bits per heavy atom. The summed E-state index contributed by atoms with van der Waals surface area (Å²) in [5.74, 6) is 0. The van der Waals surface area contributed by atoms with Gasteiger partial charge in [0, 0.05) is 28.8 Å². The molecule has 7 heteroatoms. The van der Waals surface area contributed by atoms with Crippen LogP contribution in [0.4, 0.5) is 5.69 Å². The van der Waals surface area contributed by atoms with Crippen LogP contribution in [0.25, 0.3) is 27.7 Å². The minimum absolute atomic E-state index is 0.00286. The molecule has 2 aromatic carbocycles. The Balaban J connectivity index is 2.02. The maximum absolute atomic E-state index is 12.8. The van der Waals surface area contributed by atoms with Crippen LogP contribution >= 0.6 is 0 Å². The van der Waals surface area contributed by atoms with Crippen LogP contribution in [0.5, 0.6) is 0 Å². The number of hydrogen-bond donors (Lipinski definition) is 0. The molecule has 0 amide bonds. The molecule has 0 spiro atoms. The molecule has 0 N–H and O–H groups in total. The average Bonchev–Trinajstić information content (AvgIpc) is 3.22. The number of rotatable bonds is 3. The van der Waals surface area contributed by atoms with E-state index in [1.165, 1.54) is 28.8 Å². The van der Waals surface area contributed by atoms with E-state index in [0.717, 1.165) is 11.1 Å². The van der Waals surface area contributed by atoms with E-state index in [9.17, 15) is 20.2 Å². The molecule has 4 aromatic rings. The maximum Gasteiger partial charge on any atom is 0.273 e. The Hall–Kier alpha value is -4.18. The number of nitro benzene ring substituents is 1. The fraction of sp³-hybridized carbons (Fsp3) is 0. The molecule has 0 fully saturated rings. The van der Waals surface area contributed by atoms with Crippen molar-refractivity contribution in [3.05, 3.63) is 93.2 Å². The lowest BCUT2D eigenvalue weighted by atomic mass is 10.0. The molecule has 7 nitrogen and oxygen atoms in total. The molecule has 130 valence electrons. The lowest BCUT2D eigenvalue weighted by Crippen LogP contribution is -2.21. The summed E-state index contributed by atoms with van der Waals surface area (Å²) in [6.07, 6.45) is 3.15. The third kappa shape index (κ3) is 2.75. The minimum Gasteiger partial charge on any atom is -0.472 e. The van der Waals surface area contributed by atoms with Gasteiger partial charge in [0.15, 0.2) is 0 Å². The fourth-order valence-corrected chi connectivity index (χ4v) is 2.97. The Bertz CT molecular complexity index is 1260. The third-order valence-electron chi connectivity index (χ3n) is 4.30. The SMILES string of the molecule is N#Cc1cc2ccc(-c3ccoc3)cc2n(-c2ccc([N+](=O)[O-])cc2)c1=O. The van der Waals surface area contributed by atoms with Gasteiger partial charge in [0.2, 0.25) is 0 Å². The highest BCUT2D eigenvalue weighted by Crippen LogP contribution is 2.26. The predicted molar refractivity (Wildman–Crippen MR) is 98.6 cm³/mol. The zero-order valence-corrected chi connectivity index (χ0v) is 13.8. The summed E-state index contributed by atoms with van der Waals surface area (Å²) in [4.78, 5) is 23.2. The van der Waals surface area contributed by atoms with E-state index in [1.54, 1.807) is 24.7 Å². The summed E-state index contributed by atoms with van der Waals surface area (Å²) in [6.45, 7) is 0. The van der Waals surface area contributed by atoms with Crippen LogP contribution in [0.1, 0.15) is 5.56 Å². The number of non-ortho nitro benzene ring substituents is 1. The van der Waals surface area contributed by atoms with Crippen molar-refractivity contribution < 1.29 is 9.34 Å². The molecule has 2 heterocycles. The number of hydrogen-bond acceptors (Lipinski definition) is 5. The fourth-order valence-electron chi connectivity index (χ4n) is 2.97. The van der Waals surface area contributed by atoms with Gasteiger partial charge in [-0.3, -0.25) is 19.5 Å². The molecule has 2 aromatic heterocycles. The topological polar surface area (TPSA) is 102 Å². The smallest absolute Gasteiger partial charge is 0.273 e. The second-order valence-electron chi connectivity index (χ2n) is 5.87. The van der Waals surface area contributed by atoms with E-state index < -0.39 is 10.5 Å². The molecule has 0 bridgehead atoms. The van der Waals surface area contributed by atoms with E-state index in [4.69, 9.17) is 4.42 Å². The number of nitro groups is 1. The first-order valence-electron chi connectivity index (χ1n) is 7.96. The van der Waals surface area contributed by atoms with Crippen LogP contribution in [-0.4, -0.2) is 9.49 Å². The molecule has 0 aliphatic carbocycles. The molecule has 0 aliphatic heterocycles. The largest absolute Gasteiger partial charge is 0.472 e. The lowest BCUT2D eigenvalue weighted by Gasteiger charge is -2.12. The zero-order chi connectivity index (χ0) is 19.0. The average molecular weight is 357 g/mol. The van der Waals surface area contributed by atoms with Crippen molar-refractivity contribution in [1.82, 2.24) is 4.57 Å². The van der Waals surface area contributed by atoms with E-state index in [2.05, 4.69) is 0 Å². The van der Waals surface area contributed by atoms with Gasteiger partial charge in [-0.25, -0.2) is 0 Å². The molecule has 0 saturated carbocycles. The van der Waals surface area contributed by atoms with Gasteiger partial charge in [0.25, 0.3) is 11.2 Å². The molecule has 0 radical (unpaired) electrons. The molecule has 27 heavy (non-hydrogen) atoms. The number of nitrogens with zero attached hydrogens (tertiary/aromatic N) is 3. The molecule has 0 atom stereocenters. The first-order chi connectivity index (χ1) is 13.1. The highest BCUT2D eigenvalue weighted by Gasteiger charge is 2.13. The van der Waals surface area contributed by atoms with Crippen molar-refractivity contribution in [2.45, 2.75) is 0 Å². The quantitative estimate of drug-likeness (QED) is 0.407. The monoisotopic (exact) mass is 357 g/mol. The van der Waals surface area contributed by atoms with E-state index in [0.29, 0.717) is 16.6 Å². The van der Waals surface area contributed by atoms with Gasteiger partial charge in [0.1, 0.15) is 11.6 Å². The summed E-state index contributed by atoms with van der Waals surface area (Å²) in [7, 11) is 0. The summed E-state index contributed by atoms with van der Waals surface area (Å²) in [5, 5.41) is 20.9. The van der Waals surface area contributed by atoms with Crippen LogP contribution in [0.15, 0.2) is 76.3 Å². The molecule has 0 saturated heterocycles. The van der Waals surface area contributed by atoms with Gasteiger partial charge in [-0.15, -0.1) is 0 Å². The molecular weight excluding hydrogens is 346 g/mol. The minimum atomic E-state index is -0.507. The standard InChI is InChI=1S/C20H11N3O4/c21-11-16-9-14-2-1-13(15-7-8-27-12-15)10-19(14)22(20(16)24)17-3-5-18(6-4-17)23(25)26/h1-10,12H. The first kappa shape index (κ1) is 16.3. The summed E-state index contributed by atoms with van der Waals surface area (Å²) >= 11 is 0. The third-order valence-corrected chi connectivity index (χ3v) is 4.30. The van der Waals surface area contributed by atoms with Gasteiger partial charge in [-0.1, -0.05) is 12.1 Å². The van der Waals surface area contributed by atoms with Crippen LogP contribution in [0, 0.1) is 21.4 Å². The van der Waals surface area contributed by atoms with E-state index >= 15 is 0 Å². The summed E-state index contributed by atoms with van der Waals surface area (Å²) < 4.78 is 6.51. The van der Waals surface area contributed by atoms with Crippen molar-refractivity contribution in [3.63, 3.8) is 0 Å². The second-order valence-corrected chi connectivity index (χ2v) is 5.87. The van der Waals surface area contributed by atoms with Crippen LogP contribution in [0.2, 0.25) is 0 Å². The van der Waals surface area contributed by atoms with Crippen LogP contribution in [-0.2, 0) is 0 Å². The Kier molecular flexibility index (Phi) is 3.79. The molecule has 0 unspecified atom stereocenters. The Labute approximate surface area is 152 Å². The second kappa shape index (κ2) is 6.28. The van der Waals surface area contributed by atoms with Crippen molar-refractivity contribution in [1.29, 1.82) is 5.26 Å². The number of aromatic nitrogens is 1. The number of benzene rings is 2. The first-order valence-corrected chi connectivity index (χ1v) is 7.96. The van der Waals surface area contributed by atoms with Gasteiger partial charge in [0.05, 0.1) is 23.0 Å². The number of furan rings is 1. The predicted octanol–water partition coefficient (Wildman–Crippen LogP) is 4.03. The van der Waals surface area contributed by atoms with Crippen LogP contribution < -0.4 is 5.56 Å². The number of pyridine rings is 1. The molecular formula is C20H11N3O4. The van der Waals surface area contributed by atoms with Crippen molar-refractivity contribution in [2.24, 2.45) is 0 Å². The van der Waals surface area contributed by atoms with Crippen molar-refractivity contribution in [3.8, 4) is 22.9 Å². The van der Waals surface area contributed by atoms with Crippen molar-refractivity contribution >= 4 is 16.6 Å². The zero-order valence-electron chi connectivity index (χ0n) is 13.8. The Morgan fingerprint density at radius 3 is 2.44 bits per heavy atom. The highest BCUT2D eigenvalue weighted by molar-refractivity contribution is 5.86. The van der Waals surface area contributed by atoms with E-state index in [-0.39, 0.29) is 11.3 Å². The van der Waals surface area contributed by atoms with Gasteiger partial charge < -0.3 is 4.42 Å². The molecule has 0 aliphatic rings. The van der Waals surface area contributed by atoms with E-state index in [1.807, 2.05) is 24.3 Å². The highest BCUT2D eigenvalue weighted by atomic mass is 16.6. The van der Waals surface area contributed by atoms with Gasteiger partial charge in [-0.05, 0) is 35.9 Å². The number of fused-ring (bicyclic) bond motifs is 1.